The summed E-state index contributed by atoms with van der Waals surface area (Å²) in [6, 6.07) is 7.82. The van der Waals surface area contributed by atoms with E-state index in [1.807, 2.05) is 30.6 Å². The van der Waals surface area contributed by atoms with Crippen molar-refractivity contribution in [3.63, 3.8) is 0 Å². The van der Waals surface area contributed by atoms with Gasteiger partial charge in [0, 0.05) is 48.5 Å². The molecule has 3 aromatic rings. The van der Waals surface area contributed by atoms with Crippen molar-refractivity contribution in [1.82, 2.24) is 19.9 Å². The maximum atomic E-state index is 5.37. The normalized spacial score (nSPS) is 14.7. The van der Waals surface area contributed by atoms with Gasteiger partial charge in [-0.3, -0.25) is 9.88 Å². The highest BCUT2D eigenvalue weighted by atomic mass is 79.9. The topological polar surface area (TPSA) is 55.1 Å². The van der Waals surface area contributed by atoms with Crippen molar-refractivity contribution in [3.8, 4) is 11.6 Å². The molecule has 1 aliphatic heterocycles. The molecule has 0 radical (unpaired) electrons. The molecule has 0 saturated carbocycles. The minimum absolute atomic E-state index is 0.664. The molecule has 4 rings (SSSR count). The van der Waals surface area contributed by atoms with Crippen LogP contribution in [0.2, 0.25) is 0 Å². The summed E-state index contributed by atoms with van der Waals surface area (Å²) in [4.78, 5) is 15.9. The number of hydrogen-bond acceptors (Lipinski definition) is 5. The van der Waals surface area contributed by atoms with Crippen LogP contribution in [-0.4, -0.2) is 26.4 Å². The van der Waals surface area contributed by atoms with Crippen molar-refractivity contribution >= 4 is 15.9 Å². The van der Waals surface area contributed by atoms with Crippen LogP contribution in [0.1, 0.15) is 17.0 Å². The Morgan fingerprint density at radius 1 is 1.17 bits per heavy atom. The zero-order valence-electron chi connectivity index (χ0n) is 12.4. The third kappa shape index (κ3) is 3.18. The molecule has 1 aliphatic rings. The van der Waals surface area contributed by atoms with Crippen LogP contribution in [0, 0.1) is 0 Å². The highest BCUT2D eigenvalue weighted by molar-refractivity contribution is 9.10. The Labute approximate surface area is 142 Å². The Kier molecular flexibility index (Phi) is 3.93. The third-order valence-electron chi connectivity index (χ3n) is 3.93. The van der Waals surface area contributed by atoms with Crippen LogP contribution in [0.4, 0.5) is 0 Å². The molecule has 0 spiro atoms. The van der Waals surface area contributed by atoms with E-state index in [4.69, 9.17) is 4.42 Å². The Balaban J connectivity index is 1.50. The molecule has 0 fully saturated rings. The van der Waals surface area contributed by atoms with Crippen molar-refractivity contribution < 1.29 is 4.42 Å². The van der Waals surface area contributed by atoms with Crippen LogP contribution in [0.25, 0.3) is 11.6 Å². The predicted molar refractivity (Wildman–Crippen MR) is 89.5 cm³/mol. The van der Waals surface area contributed by atoms with Gasteiger partial charge in [0.2, 0.25) is 0 Å². The molecule has 0 unspecified atom stereocenters. The second kappa shape index (κ2) is 6.22. The maximum Gasteiger partial charge on any atom is 0.195 e. The highest BCUT2D eigenvalue weighted by Gasteiger charge is 2.19. The number of hydrogen-bond donors (Lipinski definition) is 0. The smallest absolute Gasteiger partial charge is 0.195 e. The number of nitrogens with zero attached hydrogens (tertiary/aromatic N) is 4. The summed E-state index contributed by atoms with van der Waals surface area (Å²) in [5.74, 6) is 1.38. The quantitative estimate of drug-likeness (QED) is 0.706. The van der Waals surface area contributed by atoms with Gasteiger partial charge < -0.3 is 4.42 Å². The monoisotopic (exact) mass is 370 g/mol. The van der Waals surface area contributed by atoms with Crippen LogP contribution < -0.4 is 0 Å². The van der Waals surface area contributed by atoms with E-state index in [2.05, 4.69) is 41.8 Å². The van der Waals surface area contributed by atoms with Crippen molar-refractivity contribution in [2.24, 2.45) is 0 Å². The van der Waals surface area contributed by atoms with E-state index in [-0.39, 0.29) is 0 Å². The molecule has 0 aliphatic carbocycles. The highest BCUT2D eigenvalue weighted by Crippen LogP contribution is 2.22. The van der Waals surface area contributed by atoms with Crippen LogP contribution in [0.3, 0.4) is 0 Å². The van der Waals surface area contributed by atoms with Gasteiger partial charge in [-0.15, -0.1) is 0 Å². The lowest BCUT2D eigenvalue weighted by Gasteiger charge is -2.27. The van der Waals surface area contributed by atoms with Gasteiger partial charge in [-0.25, -0.2) is 9.97 Å². The van der Waals surface area contributed by atoms with Crippen LogP contribution in [0.5, 0.6) is 0 Å². The molecule has 0 amide bonds. The fourth-order valence-electron chi connectivity index (χ4n) is 2.76. The Bertz CT molecular complexity index is 802. The lowest BCUT2D eigenvalue weighted by molar-refractivity contribution is 0.240. The summed E-state index contributed by atoms with van der Waals surface area (Å²) >= 11 is 3.41. The third-order valence-corrected chi connectivity index (χ3v) is 4.40. The van der Waals surface area contributed by atoms with Gasteiger partial charge in [0.15, 0.2) is 11.6 Å². The second-order valence-corrected chi connectivity index (χ2v) is 6.49. The molecule has 116 valence electrons. The summed E-state index contributed by atoms with van der Waals surface area (Å²) < 4.78 is 6.38. The molecule has 0 aromatic carbocycles. The first kappa shape index (κ1) is 14.5. The summed E-state index contributed by atoms with van der Waals surface area (Å²) in [5.41, 5.74) is 3.37. The van der Waals surface area contributed by atoms with E-state index < -0.39 is 0 Å². The fourth-order valence-corrected chi connectivity index (χ4v) is 3.00. The number of rotatable bonds is 3. The van der Waals surface area contributed by atoms with Gasteiger partial charge in [-0.1, -0.05) is 0 Å². The molecular formula is C17H15BrN4O. The van der Waals surface area contributed by atoms with E-state index in [0.29, 0.717) is 11.6 Å². The molecule has 6 heteroatoms. The van der Waals surface area contributed by atoms with E-state index in [1.54, 1.807) is 6.26 Å². The van der Waals surface area contributed by atoms with Crippen molar-refractivity contribution in [2.45, 2.75) is 19.5 Å². The summed E-state index contributed by atoms with van der Waals surface area (Å²) in [6.45, 7) is 2.66. The maximum absolute atomic E-state index is 5.37. The largest absolute Gasteiger partial charge is 0.461 e. The first-order valence-corrected chi connectivity index (χ1v) is 8.29. The van der Waals surface area contributed by atoms with Crippen molar-refractivity contribution in [2.75, 3.05) is 6.54 Å². The Hall–Kier alpha value is -2.05. The van der Waals surface area contributed by atoms with Gasteiger partial charge in [0.25, 0.3) is 0 Å². The molecule has 5 nitrogen and oxygen atoms in total. The first-order valence-electron chi connectivity index (χ1n) is 7.49. The van der Waals surface area contributed by atoms with Gasteiger partial charge in [-0.05, 0) is 40.2 Å². The van der Waals surface area contributed by atoms with Gasteiger partial charge in [0.05, 0.1) is 17.7 Å². The van der Waals surface area contributed by atoms with E-state index >= 15 is 0 Å². The van der Waals surface area contributed by atoms with Crippen LogP contribution in [-0.2, 0) is 19.5 Å². The average Bonchev–Trinajstić information content (AvgIpc) is 3.11. The zero-order valence-corrected chi connectivity index (χ0v) is 14.0. The summed E-state index contributed by atoms with van der Waals surface area (Å²) in [6.07, 6.45) is 6.32. The predicted octanol–water partition coefficient (Wildman–Crippen LogP) is 3.45. The zero-order chi connectivity index (χ0) is 15.6. The van der Waals surface area contributed by atoms with E-state index in [1.165, 1.54) is 5.56 Å². The number of fused-ring (bicyclic) bond motifs is 1. The molecule has 23 heavy (non-hydrogen) atoms. The van der Waals surface area contributed by atoms with E-state index in [9.17, 15) is 0 Å². The molecule has 0 saturated heterocycles. The standard InChI is InChI=1S/C17H15BrN4O/c18-13-3-4-14(19-9-13)11-22-6-5-15-12(10-22)8-20-17(21-15)16-2-1-7-23-16/h1-4,7-9H,5-6,10-11H2. The first-order chi connectivity index (χ1) is 11.3. The number of pyridine rings is 1. The van der Waals surface area contributed by atoms with E-state index in [0.717, 1.165) is 41.9 Å². The number of halogens is 1. The molecular weight excluding hydrogens is 356 g/mol. The fraction of sp³-hybridized carbons (Fsp3) is 0.235. The molecule has 0 N–H and O–H groups in total. The Morgan fingerprint density at radius 2 is 2.13 bits per heavy atom. The van der Waals surface area contributed by atoms with Crippen molar-refractivity contribution in [1.29, 1.82) is 0 Å². The molecule has 4 heterocycles. The summed E-state index contributed by atoms with van der Waals surface area (Å²) in [7, 11) is 0. The molecule has 3 aromatic heterocycles. The lowest BCUT2D eigenvalue weighted by Crippen LogP contribution is -2.31. The minimum atomic E-state index is 0.664. The molecule has 0 bridgehead atoms. The minimum Gasteiger partial charge on any atom is -0.461 e. The van der Waals surface area contributed by atoms with Gasteiger partial charge in [-0.2, -0.15) is 0 Å². The summed E-state index contributed by atoms with van der Waals surface area (Å²) in [5, 5.41) is 0. The lowest BCUT2D eigenvalue weighted by atomic mass is 10.1. The molecule has 0 atom stereocenters. The SMILES string of the molecule is Brc1ccc(CN2CCc3nc(-c4ccco4)ncc3C2)nc1. The average molecular weight is 371 g/mol. The number of furan rings is 1. The second-order valence-electron chi connectivity index (χ2n) is 5.57. The van der Waals surface area contributed by atoms with Crippen molar-refractivity contribution in [3.05, 3.63) is 64.3 Å². The Morgan fingerprint density at radius 3 is 2.91 bits per heavy atom. The number of aromatic nitrogens is 3. The van der Waals surface area contributed by atoms with Gasteiger partial charge >= 0.3 is 0 Å². The van der Waals surface area contributed by atoms with Crippen LogP contribution >= 0.6 is 15.9 Å². The van der Waals surface area contributed by atoms with Crippen LogP contribution in [0.15, 0.2) is 51.8 Å². The van der Waals surface area contributed by atoms with Gasteiger partial charge in [0.1, 0.15) is 0 Å².